The molecule has 0 spiro atoms. The molecule has 1 N–H and O–H groups in total. The Morgan fingerprint density at radius 2 is 1.95 bits per heavy atom. The minimum atomic E-state index is 0.401. The van der Waals surface area contributed by atoms with Gasteiger partial charge in [-0.1, -0.05) is 49.7 Å². The molecule has 0 aliphatic carbocycles. The number of hydrogen-bond acceptors (Lipinski definition) is 3. The highest BCUT2D eigenvalue weighted by molar-refractivity contribution is 8.01. The molecule has 0 saturated heterocycles. The molecule has 1 nitrogen and oxygen atoms in total. The third-order valence-corrected chi connectivity index (χ3v) is 5.38. The van der Waals surface area contributed by atoms with Gasteiger partial charge in [-0.3, -0.25) is 0 Å². The first-order valence-electron chi connectivity index (χ1n) is 6.71. The van der Waals surface area contributed by atoms with Gasteiger partial charge in [-0.25, -0.2) is 0 Å². The lowest BCUT2D eigenvalue weighted by Crippen LogP contribution is -2.28. The van der Waals surface area contributed by atoms with E-state index in [2.05, 4.69) is 67.9 Å². The molecule has 0 radical (unpaired) electrons. The molecular weight excluding hydrogens is 270 g/mol. The Hall–Kier alpha value is -0.770. The zero-order valence-electron chi connectivity index (χ0n) is 11.7. The molecule has 0 aliphatic heterocycles. The van der Waals surface area contributed by atoms with Crippen molar-refractivity contribution in [2.45, 2.75) is 36.3 Å². The monoisotopic (exact) mass is 291 g/mol. The van der Waals surface area contributed by atoms with Crippen molar-refractivity contribution in [1.29, 1.82) is 0 Å². The van der Waals surface area contributed by atoms with Gasteiger partial charge in [0.15, 0.2) is 0 Å². The number of thiophene rings is 1. The minimum absolute atomic E-state index is 0.401. The van der Waals surface area contributed by atoms with Crippen LogP contribution < -0.4 is 5.32 Å². The van der Waals surface area contributed by atoms with Crippen molar-refractivity contribution in [2.24, 2.45) is 0 Å². The summed E-state index contributed by atoms with van der Waals surface area (Å²) in [6.07, 6.45) is 0. The Bertz CT molecular complexity index is 476. The fourth-order valence-electron chi connectivity index (χ4n) is 2.13. The van der Waals surface area contributed by atoms with E-state index in [0.717, 1.165) is 6.54 Å². The highest BCUT2D eigenvalue weighted by atomic mass is 32.2. The summed E-state index contributed by atoms with van der Waals surface area (Å²) in [5.74, 6) is 0. The van der Waals surface area contributed by atoms with E-state index in [-0.39, 0.29) is 0 Å². The third kappa shape index (κ3) is 4.10. The highest BCUT2D eigenvalue weighted by Crippen LogP contribution is 2.34. The van der Waals surface area contributed by atoms with E-state index in [4.69, 9.17) is 0 Å². The number of hydrogen-bond donors (Lipinski definition) is 1. The molecule has 2 aromatic rings. The standard InChI is InChI=1S/C16H21NS2/c1-4-17-16(14-9-7-12(2)8-10-14)13(3)19-15-6-5-11-18-15/h5-11,13,16-17H,4H2,1-3H3. The molecular formula is C16H21NS2. The van der Waals surface area contributed by atoms with Crippen LogP contribution in [-0.4, -0.2) is 11.8 Å². The average Bonchev–Trinajstić information content (AvgIpc) is 2.90. The second-order valence-corrected chi connectivity index (χ2v) is 7.33. The van der Waals surface area contributed by atoms with Crippen molar-refractivity contribution in [2.75, 3.05) is 6.54 Å². The average molecular weight is 291 g/mol. The van der Waals surface area contributed by atoms with Gasteiger partial charge < -0.3 is 5.32 Å². The second-order valence-electron chi connectivity index (χ2n) is 4.70. The molecule has 0 saturated carbocycles. The number of rotatable bonds is 6. The van der Waals surface area contributed by atoms with Gasteiger partial charge in [0.2, 0.25) is 0 Å². The Labute approximate surface area is 124 Å². The van der Waals surface area contributed by atoms with Gasteiger partial charge in [0, 0.05) is 11.3 Å². The quantitative estimate of drug-likeness (QED) is 0.761. The predicted octanol–water partition coefficient (Wildman–Crippen LogP) is 4.89. The van der Waals surface area contributed by atoms with Crippen molar-refractivity contribution >= 4 is 23.1 Å². The first-order chi connectivity index (χ1) is 9.20. The van der Waals surface area contributed by atoms with Crippen LogP contribution in [0, 0.1) is 6.92 Å². The largest absolute Gasteiger partial charge is 0.309 e. The number of nitrogens with one attached hydrogen (secondary N) is 1. The zero-order valence-corrected chi connectivity index (χ0v) is 13.4. The van der Waals surface area contributed by atoms with Gasteiger partial charge in [0.1, 0.15) is 0 Å². The predicted molar refractivity (Wildman–Crippen MR) is 87.2 cm³/mol. The maximum Gasteiger partial charge on any atom is 0.0601 e. The van der Waals surface area contributed by atoms with Crippen LogP contribution in [0.15, 0.2) is 46.0 Å². The summed E-state index contributed by atoms with van der Waals surface area (Å²) in [6, 6.07) is 13.6. The Morgan fingerprint density at radius 3 is 2.53 bits per heavy atom. The van der Waals surface area contributed by atoms with E-state index in [1.807, 2.05) is 23.1 Å². The maximum atomic E-state index is 3.61. The molecule has 3 heteroatoms. The molecule has 0 amide bonds. The summed E-state index contributed by atoms with van der Waals surface area (Å²) in [6.45, 7) is 7.60. The Balaban J connectivity index is 2.12. The van der Waals surface area contributed by atoms with Gasteiger partial charge in [-0.05, 0) is 30.5 Å². The van der Waals surface area contributed by atoms with Crippen LogP contribution in [0.4, 0.5) is 0 Å². The van der Waals surface area contributed by atoms with Crippen molar-refractivity contribution in [3.63, 3.8) is 0 Å². The molecule has 0 aliphatic rings. The molecule has 102 valence electrons. The van der Waals surface area contributed by atoms with Gasteiger partial charge in [-0.2, -0.15) is 0 Å². The summed E-state index contributed by atoms with van der Waals surface area (Å²) >= 11 is 3.77. The first kappa shape index (κ1) is 14.6. The first-order valence-corrected chi connectivity index (χ1v) is 8.46. The Morgan fingerprint density at radius 1 is 1.21 bits per heavy atom. The number of thioether (sulfide) groups is 1. The minimum Gasteiger partial charge on any atom is -0.309 e. The fourth-order valence-corrected chi connectivity index (χ4v) is 4.34. The van der Waals surface area contributed by atoms with E-state index in [0.29, 0.717) is 11.3 Å². The van der Waals surface area contributed by atoms with Crippen LogP contribution in [0.25, 0.3) is 0 Å². The lowest BCUT2D eigenvalue weighted by Gasteiger charge is -2.24. The Kier molecular flexibility index (Phi) is 5.49. The molecule has 2 atom stereocenters. The van der Waals surface area contributed by atoms with Crippen LogP contribution in [-0.2, 0) is 0 Å². The smallest absolute Gasteiger partial charge is 0.0601 e. The molecule has 1 heterocycles. The van der Waals surface area contributed by atoms with Gasteiger partial charge in [-0.15, -0.1) is 23.1 Å². The van der Waals surface area contributed by atoms with E-state index in [1.165, 1.54) is 15.3 Å². The molecule has 19 heavy (non-hydrogen) atoms. The van der Waals surface area contributed by atoms with Crippen LogP contribution in [0.2, 0.25) is 0 Å². The van der Waals surface area contributed by atoms with E-state index < -0.39 is 0 Å². The van der Waals surface area contributed by atoms with Crippen LogP contribution in [0.1, 0.15) is 31.0 Å². The molecule has 0 bridgehead atoms. The molecule has 0 fully saturated rings. The van der Waals surface area contributed by atoms with Crippen molar-refractivity contribution in [3.05, 3.63) is 52.9 Å². The summed E-state index contributed by atoms with van der Waals surface area (Å²) in [4.78, 5) is 0. The third-order valence-electron chi connectivity index (χ3n) is 3.13. The van der Waals surface area contributed by atoms with Gasteiger partial charge in [0.25, 0.3) is 0 Å². The summed E-state index contributed by atoms with van der Waals surface area (Å²) in [5.41, 5.74) is 2.70. The number of aryl methyl sites for hydroxylation is 1. The van der Waals surface area contributed by atoms with Crippen molar-refractivity contribution < 1.29 is 0 Å². The van der Waals surface area contributed by atoms with Crippen molar-refractivity contribution in [3.8, 4) is 0 Å². The van der Waals surface area contributed by atoms with E-state index >= 15 is 0 Å². The molecule has 2 rings (SSSR count). The zero-order chi connectivity index (χ0) is 13.7. The summed E-state index contributed by atoms with van der Waals surface area (Å²) in [7, 11) is 0. The summed E-state index contributed by atoms with van der Waals surface area (Å²) < 4.78 is 1.39. The van der Waals surface area contributed by atoms with Crippen LogP contribution in [0.3, 0.4) is 0 Å². The van der Waals surface area contributed by atoms with Crippen molar-refractivity contribution in [1.82, 2.24) is 5.32 Å². The van der Waals surface area contributed by atoms with Gasteiger partial charge in [0.05, 0.1) is 4.21 Å². The van der Waals surface area contributed by atoms with Crippen LogP contribution in [0.5, 0.6) is 0 Å². The number of benzene rings is 1. The lowest BCUT2D eigenvalue weighted by atomic mass is 10.0. The highest BCUT2D eigenvalue weighted by Gasteiger charge is 2.19. The SMILES string of the molecule is CCNC(c1ccc(C)cc1)C(C)Sc1cccs1. The van der Waals surface area contributed by atoms with E-state index in [1.54, 1.807) is 0 Å². The maximum absolute atomic E-state index is 3.61. The normalized spacial score (nSPS) is 14.3. The molecule has 2 unspecified atom stereocenters. The molecule has 1 aromatic heterocycles. The topological polar surface area (TPSA) is 12.0 Å². The molecule has 1 aromatic carbocycles. The lowest BCUT2D eigenvalue weighted by molar-refractivity contribution is 0.548. The fraction of sp³-hybridized carbons (Fsp3) is 0.375. The summed E-state index contributed by atoms with van der Waals surface area (Å²) in [5, 5.41) is 6.27. The second kappa shape index (κ2) is 7.13. The van der Waals surface area contributed by atoms with E-state index in [9.17, 15) is 0 Å². The van der Waals surface area contributed by atoms with Crippen LogP contribution >= 0.6 is 23.1 Å². The van der Waals surface area contributed by atoms with Gasteiger partial charge >= 0.3 is 0 Å².